The van der Waals surface area contributed by atoms with Crippen molar-refractivity contribution in [3.05, 3.63) is 52.3 Å². The summed E-state index contributed by atoms with van der Waals surface area (Å²) in [6.07, 6.45) is 3.93. The van der Waals surface area contributed by atoms with Crippen molar-refractivity contribution in [1.82, 2.24) is 5.32 Å². The molecule has 2 aromatic rings. The fraction of sp³-hybridized carbons (Fsp3) is 0.350. The van der Waals surface area contributed by atoms with Crippen LogP contribution in [0.15, 0.2) is 40.8 Å². The predicted octanol–water partition coefficient (Wildman–Crippen LogP) is 3.35. The number of ether oxygens (including phenoxy) is 1. The molecule has 1 amide bonds. The summed E-state index contributed by atoms with van der Waals surface area (Å²) in [4.78, 5) is 34.4. The van der Waals surface area contributed by atoms with E-state index in [1.807, 2.05) is 0 Å². The van der Waals surface area contributed by atoms with Crippen LogP contribution in [0, 0.1) is 21.4 Å². The summed E-state index contributed by atoms with van der Waals surface area (Å²) >= 11 is 0. The number of amides is 1. The van der Waals surface area contributed by atoms with E-state index in [-0.39, 0.29) is 11.4 Å². The molecule has 1 fully saturated rings. The molecule has 1 aliphatic carbocycles. The third kappa shape index (κ3) is 4.79. The Morgan fingerprint density at radius 2 is 1.86 bits per heavy atom. The van der Waals surface area contributed by atoms with Crippen molar-refractivity contribution in [2.45, 2.75) is 37.6 Å². The van der Waals surface area contributed by atoms with Gasteiger partial charge in [0.05, 0.1) is 11.0 Å². The maximum atomic E-state index is 12.1. The van der Waals surface area contributed by atoms with Crippen LogP contribution in [0.5, 0.6) is 0 Å². The number of carbonyl (C=O) groups is 2. The van der Waals surface area contributed by atoms with E-state index >= 15 is 0 Å². The van der Waals surface area contributed by atoms with E-state index in [1.54, 1.807) is 0 Å². The Balaban J connectivity index is 1.57. The number of esters is 1. The molecule has 0 atom stereocenters. The maximum Gasteiger partial charge on any atom is 0.374 e. The molecule has 1 aliphatic rings. The van der Waals surface area contributed by atoms with Crippen molar-refractivity contribution < 1.29 is 23.7 Å². The van der Waals surface area contributed by atoms with Crippen LogP contribution in [-0.4, -0.2) is 28.9 Å². The second kappa shape index (κ2) is 8.56. The number of benzene rings is 1. The lowest BCUT2D eigenvalue weighted by atomic mass is 9.83. The molecule has 0 radical (unpaired) electrons. The third-order valence-corrected chi connectivity index (χ3v) is 4.80. The van der Waals surface area contributed by atoms with E-state index in [1.165, 1.54) is 36.4 Å². The maximum absolute atomic E-state index is 12.1. The van der Waals surface area contributed by atoms with Crippen molar-refractivity contribution >= 4 is 17.6 Å². The van der Waals surface area contributed by atoms with Crippen LogP contribution in [0.25, 0.3) is 11.3 Å². The van der Waals surface area contributed by atoms with Gasteiger partial charge in [-0.05, 0) is 37.1 Å². The summed E-state index contributed by atoms with van der Waals surface area (Å²) in [7, 11) is 0. The SMILES string of the molecule is N#CC1(NC(=O)COC(=O)c2ccc(-c3ccc([N+](=O)[O-])cc3)o2)CCCCC1. The quantitative estimate of drug-likeness (QED) is 0.448. The lowest BCUT2D eigenvalue weighted by molar-refractivity contribution is -0.384. The first-order chi connectivity index (χ1) is 13.9. The first kappa shape index (κ1) is 20.1. The molecule has 1 aromatic heterocycles. The van der Waals surface area contributed by atoms with Crippen molar-refractivity contribution in [2.24, 2.45) is 0 Å². The Kier molecular flexibility index (Phi) is 5.93. The van der Waals surface area contributed by atoms with Gasteiger partial charge in [0.15, 0.2) is 6.61 Å². The largest absolute Gasteiger partial charge is 0.450 e. The van der Waals surface area contributed by atoms with Crippen LogP contribution in [-0.2, 0) is 9.53 Å². The Labute approximate surface area is 166 Å². The average Bonchev–Trinajstić information content (AvgIpc) is 3.23. The number of nitrogens with zero attached hydrogens (tertiary/aromatic N) is 2. The molecular weight excluding hydrogens is 378 g/mol. The fourth-order valence-corrected chi connectivity index (χ4v) is 3.28. The fourth-order valence-electron chi connectivity index (χ4n) is 3.28. The van der Waals surface area contributed by atoms with Gasteiger partial charge in [0.2, 0.25) is 5.76 Å². The van der Waals surface area contributed by atoms with E-state index in [0.717, 1.165) is 19.3 Å². The summed E-state index contributed by atoms with van der Waals surface area (Å²) in [5.74, 6) is -1.12. The molecule has 1 saturated carbocycles. The van der Waals surface area contributed by atoms with E-state index in [4.69, 9.17) is 9.15 Å². The monoisotopic (exact) mass is 397 g/mol. The van der Waals surface area contributed by atoms with Crippen LogP contribution in [0.2, 0.25) is 0 Å². The highest BCUT2D eigenvalue weighted by molar-refractivity contribution is 5.89. The molecule has 0 unspecified atom stereocenters. The van der Waals surface area contributed by atoms with Gasteiger partial charge in [0, 0.05) is 17.7 Å². The van der Waals surface area contributed by atoms with Crippen LogP contribution >= 0.6 is 0 Å². The highest BCUT2D eigenvalue weighted by atomic mass is 16.6. The van der Waals surface area contributed by atoms with Gasteiger partial charge in [-0.15, -0.1) is 0 Å². The molecule has 9 nitrogen and oxygen atoms in total. The zero-order valence-electron chi connectivity index (χ0n) is 15.6. The molecule has 1 heterocycles. The number of nitriles is 1. The number of rotatable bonds is 6. The third-order valence-electron chi connectivity index (χ3n) is 4.80. The lowest BCUT2D eigenvalue weighted by Gasteiger charge is -2.31. The number of hydrogen-bond donors (Lipinski definition) is 1. The Morgan fingerprint density at radius 1 is 1.17 bits per heavy atom. The minimum atomic E-state index is -0.893. The van der Waals surface area contributed by atoms with Gasteiger partial charge in [0.1, 0.15) is 11.3 Å². The molecule has 29 heavy (non-hydrogen) atoms. The van der Waals surface area contributed by atoms with Gasteiger partial charge < -0.3 is 14.5 Å². The van der Waals surface area contributed by atoms with E-state index in [0.29, 0.717) is 24.2 Å². The highest BCUT2D eigenvalue weighted by Gasteiger charge is 2.33. The van der Waals surface area contributed by atoms with Crippen molar-refractivity contribution in [3.63, 3.8) is 0 Å². The van der Waals surface area contributed by atoms with Crippen LogP contribution in [0.1, 0.15) is 42.7 Å². The molecule has 0 saturated heterocycles. The zero-order chi connectivity index (χ0) is 20.9. The molecule has 0 aliphatic heterocycles. The van der Waals surface area contributed by atoms with Gasteiger partial charge in [-0.2, -0.15) is 5.26 Å². The number of carbonyl (C=O) groups excluding carboxylic acids is 2. The average molecular weight is 397 g/mol. The highest BCUT2D eigenvalue weighted by Crippen LogP contribution is 2.27. The van der Waals surface area contributed by atoms with E-state index in [9.17, 15) is 25.0 Å². The number of nitro groups is 1. The summed E-state index contributed by atoms with van der Waals surface area (Å²) in [5, 5.41) is 22.8. The van der Waals surface area contributed by atoms with Crippen molar-refractivity contribution in [2.75, 3.05) is 6.61 Å². The van der Waals surface area contributed by atoms with Gasteiger partial charge in [-0.3, -0.25) is 14.9 Å². The molecule has 3 rings (SSSR count). The Bertz CT molecular complexity index is 951. The molecule has 1 aromatic carbocycles. The van der Waals surface area contributed by atoms with Gasteiger partial charge in [-0.25, -0.2) is 4.79 Å². The van der Waals surface area contributed by atoms with Crippen LogP contribution in [0.4, 0.5) is 5.69 Å². The molecule has 0 spiro atoms. The summed E-state index contributed by atoms with van der Waals surface area (Å²) < 4.78 is 10.4. The van der Waals surface area contributed by atoms with Crippen LogP contribution in [0.3, 0.4) is 0 Å². The molecule has 150 valence electrons. The van der Waals surface area contributed by atoms with E-state index < -0.39 is 28.9 Å². The van der Waals surface area contributed by atoms with Gasteiger partial charge >= 0.3 is 5.97 Å². The van der Waals surface area contributed by atoms with Gasteiger partial charge in [-0.1, -0.05) is 19.3 Å². The first-order valence-electron chi connectivity index (χ1n) is 9.16. The molecular formula is C20H19N3O6. The smallest absolute Gasteiger partial charge is 0.374 e. The number of nitro benzene ring substituents is 1. The number of non-ortho nitro benzene ring substituents is 1. The van der Waals surface area contributed by atoms with Crippen molar-refractivity contribution in [1.29, 1.82) is 5.26 Å². The minimum Gasteiger partial charge on any atom is -0.450 e. The topological polar surface area (TPSA) is 135 Å². The summed E-state index contributed by atoms with van der Waals surface area (Å²) in [5.41, 5.74) is -0.394. The second-order valence-corrected chi connectivity index (χ2v) is 6.85. The van der Waals surface area contributed by atoms with E-state index in [2.05, 4.69) is 11.4 Å². The lowest BCUT2D eigenvalue weighted by Crippen LogP contribution is -2.50. The summed E-state index contributed by atoms with van der Waals surface area (Å²) in [6.45, 7) is -0.518. The molecule has 9 heteroatoms. The Hall–Kier alpha value is -3.67. The van der Waals surface area contributed by atoms with Crippen LogP contribution < -0.4 is 5.32 Å². The standard InChI is InChI=1S/C20H19N3O6/c21-13-20(10-2-1-3-11-20)22-18(24)12-28-19(25)17-9-8-16(29-17)14-4-6-15(7-5-14)23(26)27/h4-9H,1-3,10-12H2,(H,22,24). The van der Waals surface area contributed by atoms with Crippen molar-refractivity contribution in [3.8, 4) is 17.4 Å². The molecule has 1 N–H and O–H groups in total. The zero-order valence-corrected chi connectivity index (χ0v) is 15.6. The van der Waals surface area contributed by atoms with Gasteiger partial charge in [0.25, 0.3) is 11.6 Å². The first-order valence-corrected chi connectivity index (χ1v) is 9.16. The normalized spacial score (nSPS) is 15.1. The number of furan rings is 1. The summed E-state index contributed by atoms with van der Waals surface area (Å²) in [6, 6.07) is 10.8. The predicted molar refractivity (Wildman–Crippen MR) is 101 cm³/mol. The molecule has 0 bridgehead atoms. The Morgan fingerprint density at radius 3 is 2.48 bits per heavy atom. The number of nitrogens with one attached hydrogen (secondary N) is 1. The second-order valence-electron chi connectivity index (χ2n) is 6.85. The minimum absolute atomic E-state index is 0.0564. The number of hydrogen-bond acceptors (Lipinski definition) is 7.